The summed E-state index contributed by atoms with van der Waals surface area (Å²) < 4.78 is 2.26. The van der Waals surface area contributed by atoms with E-state index in [0.29, 0.717) is 12.5 Å². The summed E-state index contributed by atoms with van der Waals surface area (Å²) in [6, 6.07) is 6.53. The first kappa shape index (κ1) is 23.3. The molecule has 0 aliphatic carbocycles. The molecule has 160 valence electrons. The van der Waals surface area contributed by atoms with E-state index in [1.807, 2.05) is 0 Å². The fraction of sp³-hybridized carbons (Fsp3) is 0.591. The van der Waals surface area contributed by atoms with Crippen molar-refractivity contribution in [1.82, 2.24) is 25.4 Å². The van der Waals surface area contributed by atoms with Gasteiger partial charge < -0.3 is 15.2 Å². The van der Waals surface area contributed by atoms with Crippen molar-refractivity contribution in [2.24, 2.45) is 10.9 Å². The smallest absolute Gasteiger partial charge is 0.191 e. The summed E-state index contributed by atoms with van der Waals surface area (Å²) in [6.45, 7) is 14.2. The van der Waals surface area contributed by atoms with E-state index in [-0.39, 0.29) is 0 Å². The number of aliphatic imine (C=N–C) groups is 1. The number of rotatable bonds is 10. The fourth-order valence-electron chi connectivity index (χ4n) is 3.19. The standard InChI is InChI=1S/C22H36N6S/c1-7-23-21(25-14-19-11-10-17(4)13-18(19)5)24-12-8-9-20-26-27-22(29-6)28(20)15-16(2)3/h10-11,13,16H,7-9,12,14-15H2,1-6H3,(H2,23,24,25). The molecule has 6 nitrogen and oxygen atoms in total. The summed E-state index contributed by atoms with van der Waals surface area (Å²) >= 11 is 1.66. The number of aryl methyl sites for hydroxylation is 3. The topological polar surface area (TPSA) is 67.1 Å². The van der Waals surface area contributed by atoms with Gasteiger partial charge in [-0.25, -0.2) is 4.99 Å². The molecular formula is C22H36N6S. The molecule has 0 fully saturated rings. The molecule has 0 saturated heterocycles. The third kappa shape index (κ3) is 7.38. The Kier molecular flexibility index (Phi) is 9.51. The SMILES string of the molecule is CCNC(=NCc1ccc(C)cc1C)NCCCc1nnc(SC)n1CC(C)C. The molecule has 7 heteroatoms. The number of guanidine groups is 1. The molecule has 2 aromatic rings. The molecule has 2 rings (SSSR count). The van der Waals surface area contributed by atoms with Crippen molar-refractivity contribution >= 4 is 17.7 Å². The van der Waals surface area contributed by atoms with Gasteiger partial charge in [-0.15, -0.1) is 10.2 Å². The Morgan fingerprint density at radius 1 is 1.21 bits per heavy atom. The van der Waals surface area contributed by atoms with E-state index in [1.54, 1.807) is 11.8 Å². The molecule has 0 atom stereocenters. The summed E-state index contributed by atoms with van der Waals surface area (Å²) in [7, 11) is 0. The fourth-order valence-corrected chi connectivity index (χ4v) is 3.71. The second kappa shape index (κ2) is 11.9. The first-order valence-electron chi connectivity index (χ1n) is 10.5. The second-order valence-corrected chi connectivity index (χ2v) is 8.54. The number of benzene rings is 1. The van der Waals surface area contributed by atoms with Crippen LogP contribution in [0.2, 0.25) is 0 Å². The molecule has 0 aliphatic rings. The van der Waals surface area contributed by atoms with Crippen LogP contribution in [-0.4, -0.2) is 40.1 Å². The molecule has 0 saturated carbocycles. The minimum atomic E-state index is 0.575. The largest absolute Gasteiger partial charge is 0.357 e. The van der Waals surface area contributed by atoms with Crippen LogP contribution >= 0.6 is 11.8 Å². The highest BCUT2D eigenvalue weighted by Gasteiger charge is 2.12. The van der Waals surface area contributed by atoms with Gasteiger partial charge in [0.25, 0.3) is 0 Å². The van der Waals surface area contributed by atoms with Crippen LogP contribution in [0.5, 0.6) is 0 Å². The molecule has 0 bridgehead atoms. The molecule has 1 aromatic carbocycles. The maximum Gasteiger partial charge on any atom is 0.191 e. The number of hydrogen-bond acceptors (Lipinski definition) is 4. The van der Waals surface area contributed by atoms with Crippen molar-refractivity contribution in [1.29, 1.82) is 0 Å². The molecule has 0 aliphatic heterocycles. The number of hydrogen-bond donors (Lipinski definition) is 2. The van der Waals surface area contributed by atoms with Gasteiger partial charge in [-0.2, -0.15) is 0 Å². The Morgan fingerprint density at radius 3 is 2.66 bits per heavy atom. The highest BCUT2D eigenvalue weighted by molar-refractivity contribution is 7.98. The molecule has 0 spiro atoms. The van der Waals surface area contributed by atoms with Gasteiger partial charge in [0.2, 0.25) is 0 Å². The van der Waals surface area contributed by atoms with Crippen LogP contribution in [-0.2, 0) is 19.5 Å². The molecule has 0 radical (unpaired) electrons. The van der Waals surface area contributed by atoms with Gasteiger partial charge in [-0.1, -0.05) is 49.4 Å². The monoisotopic (exact) mass is 416 g/mol. The van der Waals surface area contributed by atoms with Crippen LogP contribution in [0.15, 0.2) is 28.3 Å². The zero-order valence-corrected chi connectivity index (χ0v) is 19.6. The van der Waals surface area contributed by atoms with E-state index in [4.69, 9.17) is 4.99 Å². The van der Waals surface area contributed by atoms with Crippen molar-refractivity contribution in [2.45, 2.75) is 65.7 Å². The van der Waals surface area contributed by atoms with Crippen LogP contribution < -0.4 is 10.6 Å². The highest BCUT2D eigenvalue weighted by atomic mass is 32.2. The van der Waals surface area contributed by atoms with E-state index in [2.05, 4.69) is 84.5 Å². The average Bonchev–Trinajstić information content (AvgIpc) is 3.05. The highest BCUT2D eigenvalue weighted by Crippen LogP contribution is 2.16. The van der Waals surface area contributed by atoms with Crippen molar-refractivity contribution in [3.63, 3.8) is 0 Å². The first-order valence-corrected chi connectivity index (χ1v) is 11.7. The molecular weight excluding hydrogens is 380 g/mol. The Bertz CT molecular complexity index is 797. The van der Waals surface area contributed by atoms with Crippen molar-refractivity contribution in [3.05, 3.63) is 40.7 Å². The van der Waals surface area contributed by atoms with Gasteiger partial charge in [-0.3, -0.25) is 0 Å². The number of thioether (sulfide) groups is 1. The zero-order chi connectivity index (χ0) is 21.2. The third-order valence-corrected chi connectivity index (χ3v) is 5.31. The van der Waals surface area contributed by atoms with Gasteiger partial charge >= 0.3 is 0 Å². The number of nitrogens with zero attached hydrogens (tertiary/aromatic N) is 4. The molecule has 29 heavy (non-hydrogen) atoms. The Hall–Kier alpha value is -2.02. The number of aromatic nitrogens is 3. The second-order valence-electron chi connectivity index (χ2n) is 7.76. The first-order chi connectivity index (χ1) is 13.9. The van der Waals surface area contributed by atoms with E-state index in [1.165, 1.54) is 16.7 Å². The van der Waals surface area contributed by atoms with E-state index in [0.717, 1.165) is 49.4 Å². The van der Waals surface area contributed by atoms with Crippen molar-refractivity contribution < 1.29 is 0 Å². The summed E-state index contributed by atoms with van der Waals surface area (Å²) in [4.78, 5) is 4.75. The molecule has 1 aromatic heterocycles. The van der Waals surface area contributed by atoms with Gasteiger partial charge in [0.1, 0.15) is 5.82 Å². The van der Waals surface area contributed by atoms with Gasteiger partial charge in [-0.05, 0) is 50.5 Å². The van der Waals surface area contributed by atoms with E-state index in [9.17, 15) is 0 Å². The van der Waals surface area contributed by atoms with Gasteiger partial charge in [0.15, 0.2) is 11.1 Å². The van der Waals surface area contributed by atoms with Gasteiger partial charge in [0.05, 0.1) is 6.54 Å². The minimum Gasteiger partial charge on any atom is -0.357 e. The Balaban J connectivity index is 1.90. The summed E-state index contributed by atoms with van der Waals surface area (Å²) in [5, 5.41) is 16.5. The Labute approximate surface area is 180 Å². The van der Waals surface area contributed by atoms with E-state index < -0.39 is 0 Å². The lowest BCUT2D eigenvalue weighted by Gasteiger charge is -2.13. The summed E-state index contributed by atoms with van der Waals surface area (Å²) in [5.41, 5.74) is 3.84. The van der Waals surface area contributed by atoms with Crippen molar-refractivity contribution in [3.8, 4) is 0 Å². The lowest BCUT2D eigenvalue weighted by atomic mass is 10.1. The summed E-state index contributed by atoms with van der Waals surface area (Å²) in [5.74, 6) is 2.51. The molecule has 0 amide bonds. The molecule has 1 heterocycles. The maximum absolute atomic E-state index is 4.75. The van der Waals surface area contributed by atoms with E-state index >= 15 is 0 Å². The van der Waals surface area contributed by atoms with Crippen LogP contribution in [0, 0.1) is 19.8 Å². The maximum atomic E-state index is 4.75. The predicted molar refractivity (Wildman–Crippen MR) is 124 cm³/mol. The zero-order valence-electron chi connectivity index (χ0n) is 18.7. The summed E-state index contributed by atoms with van der Waals surface area (Å²) in [6.07, 6.45) is 3.95. The molecule has 0 unspecified atom stereocenters. The molecule has 2 N–H and O–H groups in total. The van der Waals surface area contributed by atoms with Gasteiger partial charge in [0, 0.05) is 26.1 Å². The number of nitrogens with one attached hydrogen (secondary N) is 2. The lowest BCUT2D eigenvalue weighted by Crippen LogP contribution is -2.38. The quantitative estimate of drug-likeness (QED) is 0.266. The normalized spacial score (nSPS) is 11.9. The minimum absolute atomic E-state index is 0.575. The lowest BCUT2D eigenvalue weighted by molar-refractivity contribution is 0.477. The Morgan fingerprint density at radius 2 is 2.00 bits per heavy atom. The van der Waals surface area contributed by atoms with Crippen LogP contribution in [0.4, 0.5) is 0 Å². The van der Waals surface area contributed by atoms with Crippen LogP contribution in [0.1, 0.15) is 49.7 Å². The van der Waals surface area contributed by atoms with Crippen LogP contribution in [0.25, 0.3) is 0 Å². The van der Waals surface area contributed by atoms with Crippen LogP contribution in [0.3, 0.4) is 0 Å². The van der Waals surface area contributed by atoms with Crippen molar-refractivity contribution in [2.75, 3.05) is 19.3 Å². The average molecular weight is 417 g/mol. The predicted octanol–water partition coefficient (Wildman–Crippen LogP) is 3.96. The third-order valence-electron chi connectivity index (χ3n) is 4.64.